The SMILES string of the molecule is O=C(COc1ccc(F)cc1)NCc1nccnc1-c1cccnc1. The number of ether oxygens (including phenoxy) is 1. The van der Waals surface area contributed by atoms with Crippen LogP contribution in [0.25, 0.3) is 11.3 Å². The Morgan fingerprint density at radius 2 is 1.88 bits per heavy atom. The second-order valence-electron chi connectivity index (χ2n) is 5.11. The van der Waals surface area contributed by atoms with E-state index in [4.69, 9.17) is 4.74 Å². The molecule has 1 aromatic carbocycles. The van der Waals surface area contributed by atoms with Gasteiger partial charge in [-0.2, -0.15) is 0 Å². The minimum absolute atomic E-state index is 0.172. The van der Waals surface area contributed by atoms with Crippen molar-refractivity contribution in [3.8, 4) is 17.0 Å². The molecule has 0 radical (unpaired) electrons. The summed E-state index contributed by atoms with van der Waals surface area (Å²) < 4.78 is 18.1. The molecular weight excluding hydrogens is 323 g/mol. The van der Waals surface area contributed by atoms with Crippen LogP contribution < -0.4 is 10.1 Å². The van der Waals surface area contributed by atoms with Gasteiger partial charge in [-0.25, -0.2) is 4.39 Å². The lowest BCUT2D eigenvalue weighted by molar-refractivity contribution is -0.123. The summed E-state index contributed by atoms with van der Waals surface area (Å²) >= 11 is 0. The predicted molar refractivity (Wildman–Crippen MR) is 89.0 cm³/mol. The molecule has 2 aromatic heterocycles. The van der Waals surface area contributed by atoms with Gasteiger partial charge in [0.05, 0.1) is 17.9 Å². The normalized spacial score (nSPS) is 10.3. The van der Waals surface area contributed by atoms with Gasteiger partial charge in [-0.05, 0) is 36.4 Å². The molecule has 0 aliphatic carbocycles. The van der Waals surface area contributed by atoms with E-state index in [1.807, 2.05) is 12.1 Å². The van der Waals surface area contributed by atoms with Crippen molar-refractivity contribution in [1.29, 1.82) is 0 Å². The number of nitrogens with zero attached hydrogens (tertiary/aromatic N) is 3. The number of nitrogens with one attached hydrogen (secondary N) is 1. The number of hydrogen-bond acceptors (Lipinski definition) is 5. The van der Waals surface area contributed by atoms with Gasteiger partial charge in [0.25, 0.3) is 5.91 Å². The van der Waals surface area contributed by atoms with Crippen LogP contribution in [0.5, 0.6) is 5.75 Å². The van der Waals surface area contributed by atoms with E-state index in [9.17, 15) is 9.18 Å². The van der Waals surface area contributed by atoms with E-state index in [-0.39, 0.29) is 24.9 Å². The molecule has 0 aliphatic heterocycles. The fraction of sp³-hybridized carbons (Fsp3) is 0.111. The van der Waals surface area contributed by atoms with E-state index in [1.54, 1.807) is 24.8 Å². The Morgan fingerprint density at radius 3 is 2.64 bits per heavy atom. The molecule has 0 saturated carbocycles. The van der Waals surface area contributed by atoms with Crippen molar-refractivity contribution >= 4 is 5.91 Å². The predicted octanol–water partition coefficient (Wildman–Crippen LogP) is 2.37. The zero-order chi connectivity index (χ0) is 17.5. The first kappa shape index (κ1) is 16.5. The molecule has 7 heteroatoms. The largest absolute Gasteiger partial charge is 0.484 e. The Morgan fingerprint density at radius 1 is 1.08 bits per heavy atom. The molecule has 1 N–H and O–H groups in total. The number of hydrogen-bond donors (Lipinski definition) is 1. The molecule has 0 unspecified atom stereocenters. The molecule has 6 nitrogen and oxygen atoms in total. The zero-order valence-corrected chi connectivity index (χ0v) is 13.2. The Balaban J connectivity index is 1.58. The third-order valence-corrected chi connectivity index (χ3v) is 3.35. The summed E-state index contributed by atoms with van der Waals surface area (Å²) in [5, 5.41) is 2.73. The van der Waals surface area contributed by atoms with Crippen LogP contribution in [0.4, 0.5) is 4.39 Å². The van der Waals surface area contributed by atoms with Crippen LogP contribution >= 0.6 is 0 Å². The van der Waals surface area contributed by atoms with E-state index in [0.717, 1.165) is 5.56 Å². The highest BCUT2D eigenvalue weighted by atomic mass is 19.1. The topological polar surface area (TPSA) is 77.0 Å². The van der Waals surface area contributed by atoms with Crippen molar-refractivity contribution in [3.63, 3.8) is 0 Å². The molecule has 0 saturated heterocycles. The Kier molecular flexibility index (Phi) is 5.26. The van der Waals surface area contributed by atoms with Gasteiger partial charge >= 0.3 is 0 Å². The lowest BCUT2D eigenvalue weighted by Crippen LogP contribution is -2.29. The summed E-state index contributed by atoms with van der Waals surface area (Å²) in [4.78, 5) is 24.6. The molecule has 0 spiro atoms. The maximum Gasteiger partial charge on any atom is 0.258 e. The Bertz CT molecular complexity index is 841. The van der Waals surface area contributed by atoms with Gasteiger partial charge in [-0.3, -0.25) is 19.7 Å². The lowest BCUT2D eigenvalue weighted by atomic mass is 10.1. The number of pyridine rings is 1. The van der Waals surface area contributed by atoms with E-state index < -0.39 is 0 Å². The van der Waals surface area contributed by atoms with Gasteiger partial charge in [0.1, 0.15) is 11.6 Å². The van der Waals surface area contributed by atoms with E-state index in [1.165, 1.54) is 24.3 Å². The smallest absolute Gasteiger partial charge is 0.258 e. The average molecular weight is 338 g/mol. The summed E-state index contributed by atoms with van der Waals surface area (Å²) in [5.41, 5.74) is 2.11. The molecule has 3 aromatic rings. The molecule has 1 amide bonds. The zero-order valence-electron chi connectivity index (χ0n) is 13.2. The van der Waals surface area contributed by atoms with Crippen molar-refractivity contribution in [1.82, 2.24) is 20.3 Å². The third-order valence-electron chi connectivity index (χ3n) is 3.35. The molecular formula is C18H15FN4O2. The molecule has 2 heterocycles. The van der Waals surface area contributed by atoms with Gasteiger partial charge < -0.3 is 10.1 Å². The number of amides is 1. The summed E-state index contributed by atoms with van der Waals surface area (Å²) in [6, 6.07) is 9.15. The second-order valence-corrected chi connectivity index (χ2v) is 5.11. The average Bonchev–Trinajstić information content (AvgIpc) is 2.67. The van der Waals surface area contributed by atoms with Gasteiger partial charge in [0.2, 0.25) is 0 Å². The highest BCUT2D eigenvalue weighted by Gasteiger charge is 2.10. The van der Waals surface area contributed by atoms with Crippen LogP contribution in [0.3, 0.4) is 0 Å². The first-order valence-electron chi connectivity index (χ1n) is 7.58. The molecule has 0 atom stereocenters. The number of benzene rings is 1. The van der Waals surface area contributed by atoms with Crippen molar-refractivity contribution in [2.24, 2.45) is 0 Å². The van der Waals surface area contributed by atoms with Crippen molar-refractivity contribution in [3.05, 3.63) is 72.7 Å². The van der Waals surface area contributed by atoms with Crippen molar-refractivity contribution in [2.75, 3.05) is 6.61 Å². The van der Waals surface area contributed by atoms with Crippen LogP contribution in [0.15, 0.2) is 61.2 Å². The van der Waals surface area contributed by atoms with Gasteiger partial charge in [0.15, 0.2) is 6.61 Å². The number of rotatable bonds is 6. The molecule has 0 aliphatic rings. The summed E-state index contributed by atoms with van der Waals surface area (Å²) in [5.74, 6) is -0.249. The molecule has 3 rings (SSSR count). The second kappa shape index (κ2) is 7.96. The minimum atomic E-state index is -0.359. The highest BCUT2D eigenvalue weighted by Crippen LogP contribution is 2.18. The van der Waals surface area contributed by atoms with Crippen LogP contribution in [0.2, 0.25) is 0 Å². The van der Waals surface area contributed by atoms with E-state index in [0.29, 0.717) is 17.1 Å². The van der Waals surface area contributed by atoms with E-state index in [2.05, 4.69) is 20.3 Å². The van der Waals surface area contributed by atoms with Crippen molar-refractivity contribution < 1.29 is 13.9 Å². The van der Waals surface area contributed by atoms with Gasteiger partial charge in [-0.15, -0.1) is 0 Å². The van der Waals surface area contributed by atoms with Crippen LogP contribution in [-0.4, -0.2) is 27.5 Å². The summed E-state index contributed by atoms with van der Waals surface area (Å²) in [6.07, 6.45) is 6.52. The number of aromatic nitrogens is 3. The maximum atomic E-state index is 12.8. The van der Waals surface area contributed by atoms with Crippen molar-refractivity contribution in [2.45, 2.75) is 6.54 Å². The maximum absolute atomic E-state index is 12.8. The lowest BCUT2D eigenvalue weighted by Gasteiger charge is -2.09. The third kappa shape index (κ3) is 4.57. The van der Waals surface area contributed by atoms with Gasteiger partial charge in [0, 0.05) is 30.4 Å². The van der Waals surface area contributed by atoms with Crippen LogP contribution in [0.1, 0.15) is 5.69 Å². The standard InChI is InChI=1S/C18H15FN4O2/c19-14-3-5-15(6-4-14)25-12-17(24)23-11-16-18(22-9-8-21-16)13-2-1-7-20-10-13/h1-10H,11-12H2,(H,23,24). The highest BCUT2D eigenvalue weighted by molar-refractivity contribution is 5.77. The quantitative estimate of drug-likeness (QED) is 0.747. The number of carbonyl (C=O) groups is 1. The minimum Gasteiger partial charge on any atom is -0.484 e. The van der Waals surface area contributed by atoms with Crippen LogP contribution in [-0.2, 0) is 11.3 Å². The van der Waals surface area contributed by atoms with E-state index >= 15 is 0 Å². The number of carbonyl (C=O) groups excluding carboxylic acids is 1. The first-order chi connectivity index (χ1) is 12.2. The summed E-state index contributed by atoms with van der Waals surface area (Å²) in [6.45, 7) is 0.0395. The van der Waals surface area contributed by atoms with Gasteiger partial charge in [-0.1, -0.05) is 0 Å². The first-order valence-corrected chi connectivity index (χ1v) is 7.58. The molecule has 25 heavy (non-hydrogen) atoms. The Hall–Kier alpha value is -3.35. The summed E-state index contributed by atoms with van der Waals surface area (Å²) in [7, 11) is 0. The Labute approximate surface area is 143 Å². The molecule has 126 valence electrons. The molecule has 0 bridgehead atoms. The monoisotopic (exact) mass is 338 g/mol. The number of halogens is 1. The fourth-order valence-corrected chi connectivity index (χ4v) is 2.15. The fourth-order valence-electron chi connectivity index (χ4n) is 2.15. The molecule has 0 fully saturated rings. The van der Waals surface area contributed by atoms with Crippen LogP contribution in [0, 0.1) is 5.82 Å².